The number of carbonyl (C=O) groups is 1. The summed E-state index contributed by atoms with van der Waals surface area (Å²) in [5.41, 5.74) is 4.16. The molecule has 196 valence electrons. The van der Waals surface area contributed by atoms with Gasteiger partial charge in [0.2, 0.25) is 0 Å². The number of urea groups is 1. The molecule has 2 heterocycles. The van der Waals surface area contributed by atoms with Gasteiger partial charge in [0, 0.05) is 24.2 Å². The molecule has 0 radical (unpaired) electrons. The summed E-state index contributed by atoms with van der Waals surface area (Å²) < 4.78 is 33.6. The van der Waals surface area contributed by atoms with E-state index in [-0.39, 0.29) is 10.3 Å². The standard InChI is InChI=1S/C29H30N4O4S/c1-21-3-10-25(11-4-21)38(35,36)31-28(34)33-20-29(26-17-24(37-2)9-12-27(26)33)13-15-32(16-14-29)19-23-7-5-22(18-30)6-8-23/h3-12,17H,13-16,19-20H2,1-2H3,(H,31,34). The second-order valence-corrected chi connectivity index (χ2v) is 11.7. The maximum Gasteiger partial charge on any atom is 0.335 e. The third-order valence-corrected chi connectivity index (χ3v) is 8.96. The van der Waals surface area contributed by atoms with Gasteiger partial charge >= 0.3 is 6.03 Å². The molecule has 3 aromatic rings. The van der Waals surface area contributed by atoms with Gasteiger partial charge in [0.25, 0.3) is 10.0 Å². The molecule has 1 N–H and O–H groups in total. The van der Waals surface area contributed by atoms with Crippen molar-refractivity contribution in [2.24, 2.45) is 0 Å². The summed E-state index contributed by atoms with van der Waals surface area (Å²) in [5.74, 6) is 0.706. The maximum atomic E-state index is 13.4. The maximum absolute atomic E-state index is 13.4. The highest BCUT2D eigenvalue weighted by atomic mass is 32.2. The predicted octanol–water partition coefficient (Wildman–Crippen LogP) is 4.33. The molecular weight excluding hydrogens is 500 g/mol. The molecular formula is C29H30N4O4S. The van der Waals surface area contributed by atoms with E-state index in [1.165, 1.54) is 12.1 Å². The zero-order chi connectivity index (χ0) is 26.9. The summed E-state index contributed by atoms with van der Waals surface area (Å²) in [6.07, 6.45) is 1.63. The largest absolute Gasteiger partial charge is 0.497 e. The number of fused-ring (bicyclic) bond motifs is 2. The van der Waals surface area contributed by atoms with E-state index >= 15 is 0 Å². The Morgan fingerprint density at radius 3 is 2.37 bits per heavy atom. The van der Waals surface area contributed by atoms with Crippen LogP contribution in [0.1, 0.15) is 35.1 Å². The molecule has 8 nitrogen and oxygen atoms in total. The fourth-order valence-electron chi connectivity index (χ4n) is 5.41. The number of ether oxygens (including phenoxy) is 1. The highest BCUT2D eigenvalue weighted by molar-refractivity contribution is 7.90. The number of rotatable bonds is 5. The van der Waals surface area contributed by atoms with Crippen molar-refractivity contribution < 1.29 is 17.9 Å². The van der Waals surface area contributed by atoms with E-state index in [2.05, 4.69) is 15.7 Å². The van der Waals surface area contributed by atoms with Crippen LogP contribution in [0.2, 0.25) is 0 Å². The highest BCUT2D eigenvalue weighted by Crippen LogP contribution is 2.48. The zero-order valence-corrected chi connectivity index (χ0v) is 22.3. The van der Waals surface area contributed by atoms with E-state index in [4.69, 9.17) is 10.00 Å². The van der Waals surface area contributed by atoms with Gasteiger partial charge in [-0.2, -0.15) is 5.26 Å². The molecule has 2 aliphatic rings. The van der Waals surface area contributed by atoms with Gasteiger partial charge in [0.1, 0.15) is 5.75 Å². The van der Waals surface area contributed by atoms with Gasteiger partial charge in [-0.05, 0) is 86.4 Å². The first-order valence-electron chi connectivity index (χ1n) is 12.5. The van der Waals surface area contributed by atoms with Gasteiger partial charge in [-0.25, -0.2) is 17.9 Å². The van der Waals surface area contributed by atoms with Gasteiger partial charge in [-0.3, -0.25) is 9.80 Å². The Hall–Kier alpha value is -3.87. The van der Waals surface area contributed by atoms with Crippen LogP contribution in [0.5, 0.6) is 5.75 Å². The molecule has 9 heteroatoms. The topological polar surface area (TPSA) is 103 Å². The Balaban J connectivity index is 1.35. The molecule has 1 saturated heterocycles. The molecule has 5 rings (SSSR count). The Morgan fingerprint density at radius 1 is 1.05 bits per heavy atom. The number of piperidine rings is 1. The third-order valence-electron chi connectivity index (χ3n) is 7.63. The van der Waals surface area contributed by atoms with Crippen LogP contribution >= 0.6 is 0 Å². The second-order valence-electron chi connectivity index (χ2n) is 10.1. The van der Waals surface area contributed by atoms with E-state index < -0.39 is 16.1 Å². The van der Waals surface area contributed by atoms with Gasteiger partial charge in [0.05, 0.1) is 23.6 Å². The molecule has 0 aromatic heterocycles. The number of nitriles is 1. The molecule has 3 aromatic carbocycles. The van der Waals surface area contributed by atoms with Crippen molar-refractivity contribution in [3.63, 3.8) is 0 Å². The average molecular weight is 531 g/mol. The van der Waals surface area contributed by atoms with Gasteiger partial charge in [-0.15, -0.1) is 0 Å². The van der Waals surface area contributed by atoms with Crippen LogP contribution < -0.4 is 14.4 Å². The van der Waals surface area contributed by atoms with Crippen LogP contribution in [0.3, 0.4) is 0 Å². The normalized spacial score (nSPS) is 16.6. The Bertz CT molecular complexity index is 1490. The van der Waals surface area contributed by atoms with Crippen LogP contribution in [0.15, 0.2) is 71.6 Å². The Labute approximate surface area is 223 Å². The number of carbonyl (C=O) groups excluding carboxylic acids is 1. The van der Waals surface area contributed by atoms with E-state index in [9.17, 15) is 13.2 Å². The van der Waals surface area contributed by atoms with Crippen molar-refractivity contribution in [1.82, 2.24) is 9.62 Å². The van der Waals surface area contributed by atoms with Crippen LogP contribution in [0.4, 0.5) is 10.5 Å². The molecule has 2 aliphatic heterocycles. The number of nitrogens with one attached hydrogen (secondary N) is 1. The number of nitrogens with zero attached hydrogens (tertiary/aromatic N) is 3. The minimum absolute atomic E-state index is 0.0522. The van der Waals surface area contributed by atoms with E-state index in [0.717, 1.165) is 49.2 Å². The fourth-order valence-corrected chi connectivity index (χ4v) is 6.36. The summed E-state index contributed by atoms with van der Waals surface area (Å²) in [6.45, 7) is 4.71. The van der Waals surface area contributed by atoms with E-state index in [1.807, 2.05) is 43.3 Å². The fraction of sp³-hybridized carbons (Fsp3) is 0.310. The predicted molar refractivity (Wildman–Crippen MR) is 145 cm³/mol. The Kier molecular flexibility index (Phi) is 6.86. The number of likely N-dealkylation sites (tertiary alicyclic amines) is 1. The first-order chi connectivity index (χ1) is 18.2. The Morgan fingerprint density at radius 2 is 1.74 bits per heavy atom. The van der Waals surface area contributed by atoms with Gasteiger partial charge in [-0.1, -0.05) is 29.8 Å². The van der Waals surface area contributed by atoms with Crippen molar-refractivity contribution in [3.05, 3.63) is 89.0 Å². The molecule has 2 amide bonds. The average Bonchev–Trinajstić information content (AvgIpc) is 3.24. The number of hydrogen-bond acceptors (Lipinski definition) is 6. The summed E-state index contributed by atoms with van der Waals surface area (Å²) >= 11 is 0. The van der Waals surface area contributed by atoms with Crippen molar-refractivity contribution in [2.75, 3.05) is 31.6 Å². The number of anilines is 1. The molecule has 0 aliphatic carbocycles. The van der Waals surface area contributed by atoms with E-state index in [1.54, 1.807) is 30.2 Å². The minimum Gasteiger partial charge on any atom is -0.497 e. The molecule has 1 fully saturated rings. The number of aryl methyl sites for hydroxylation is 1. The lowest BCUT2D eigenvalue weighted by atomic mass is 9.74. The van der Waals surface area contributed by atoms with Crippen molar-refractivity contribution >= 4 is 21.7 Å². The first kappa shape index (κ1) is 25.8. The van der Waals surface area contributed by atoms with Gasteiger partial charge in [0.15, 0.2) is 0 Å². The molecule has 38 heavy (non-hydrogen) atoms. The summed E-state index contributed by atoms with van der Waals surface area (Å²) in [5, 5.41) is 9.04. The number of hydrogen-bond donors (Lipinski definition) is 1. The second kappa shape index (κ2) is 10.1. The zero-order valence-electron chi connectivity index (χ0n) is 21.5. The lowest BCUT2D eigenvalue weighted by Crippen LogP contribution is -2.48. The van der Waals surface area contributed by atoms with Crippen LogP contribution in [0.25, 0.3) is 0 Å². The highest BCUT2D eigenvalue weighted by Gasteiger charge is 2.47. The monoisotopic (exact) mass is 530 g/mol. The SMILES string of the molecule is COc1ccc2c(c1)C1(CCN(Cc3ccc(C#N)cc3)CC1)CN2C(=O)NS(=O)(=O)c1ccc(C)cc1. The number of amides is 2. The van der Waals surface area contributed by atoms with Crippen molar-refractivity contribution in [3.8, 4) is 11.8 Å². The lowest BCUT2D eigenvalue weighted by Gasteiger charge is -2.40. The van der Waals surface area contributed by atoms with Crippen LogP contribution in [-0.4, -0.2) is 46.1 Å². The minimum atomic E-state index is -4.01. The van der Waals surface area contributed by atoms with E-state index in [0.29, 0.717) is 23.5 Å². The molecule has 0 bridgehead atoms. The third kappa shape index (κ3) is 4.97. The number of benzene rings is 3. The number of methoxy groups -OCH3 is 1. The molecule has 1 spiro atoms. The van der Waals surface area contributed by atoms with Crippen molar-refractivity contribution in [2.45, 2.75) is 36.6 Å². The quantitative estimate of drug-likeness (QED) is 0.527. The summed E-state index contributed by atoms with van der Waals surface area (Å²) in [7, 11) is -2.40. The van der Waals surface area contributed by atoms with Crippen LogP contribution in [0, 0.1) is 18.3 Å². The van der Waals surface area contributed by atoms with Gasteiger partial charge < -0.3 is 4.74 Å². The molecule has 0 unspecified atom stereocenters. The summed E-state index contributed by atoms with van der Waals surface area (Å²) in [4.78, 5) is 17.3. The molecule has 0 atom stereocenters. The number of sulfonamides is 1. The molecule has 0 saturated carbocycles. The lowest BCUT2D eigenvalue weighted by molar-refractivity contribution is 0.159. The first-order valence-corrected chi connectivity index (χ1v) is 14.0. The van der Waals surface area contributed by atoms with Crippen molar-refractivity contribution in [1.29, 1.82) is 5.26 Å². The smallest absolute Gasteiger partial charge is 0.335 e. The summed E-state index contributed by atoms with van der Waals surface area (Å²) in [6, 6.07) is 21.2. The van der Waals surface area contributed by atoms with Crippen LogP contribution in [-0.2, 0) is 22.0 Å².